The summed E-state index contributed by atoms with van der Waals surface area (Å²) in [6.45, 7) is 11.6. The fraction of sp³-hybridized carbons (Fsp3) is 0.727. The van der Waals surface area contributed by atoms with E-state index < -0.39 is 5.54 Å². The maximum Gasteiger partial charge on any atom is 0.242 e. The van der Waals surface area contributed by atoms with Crippen LogP contribution in [0.3, 0.4) is 0 Å². The second kappa shape index (κ2) is 4.33. The Morgan fingerprint density at radius 1 is 1.60 bits per heavy atom. The molecule has 86 valence electrons. The van der Waals surface area contributed by atoms with Crippen molar-refractivity contribution in [1.82, 2.24) is 10.2 Å². The molecule has 1 fully saturated rings. The first-order chi connectivity index (χ1) is 6.82. The molecular formula is C11H21N3O. The van der Waals surface area contributed by atoms with Crippen molar-refractivity contribution in [2.75, 3.05) is 19.6 Å². The Labute approximate surface area is 91.5 Å². The number of hydrogen-bond acceptors (Lipinski definition) is 3. The molecule has 1 heterocycles. The lowest BCUT2D eigenvalue weighted by molar-refractivity contribution is -0.136. The Morgan fingerprint density at radius 2 is 2.20 bits per heavy atom. The molecule has 1 aliphatic rings. The number of amides is 1. The number of carbonyl (C=O) groups is 1. The molecule has 0 aromatic carbocycles. The SMILES string of the molecule is C=C(C)[C@@H]1CN(C(=O)C(C)(C)N)CCN1. The predicted molar refractivity (Wildman–Crippen MR) is 61.5 cm³/mol. The molecular weight excluding hydrogens is 190 g/mol. The minimum atomic E-state index is -0.781. The van der Waals surface area contributed by atoms with E-state index in [1.165, 1.54) is 0 Å². The molecule has 0 aromatic heterocycles. The van der Waals surface area contributed by atoms with Gasteiger partial charge in [-0.1, -0.05) is 12.2 Å². The van der Waals surface area contributed by atoms with Crippen LogP contribution in [0.1, 0.15) is 20.8 Å². The highest BCUT2D eigenvalue weighted by Gasteiger charge is 2.31. The molecule has 0 aliphatic carbocycles. The quantitative estimate of drug-likeness (QED) is 0.637. The molecule has 4 heteroatoms. The third-order valence-electron chi connectivity index (χ3n) is 2.61. The summed E-state index contributed by atoms with van der Waals surface area (Å²) in [5.41, 5.74) is 6.07. The van der Waals surface area contributed by atoms with Crippen LogP contribution in [0, 0.1) is 0 Å². The molecule has 0 bridgehead atoms. The first-order valence-corrected chi connectivity index (χ1v) is 5.29. The number of hydrogen-bond donors (Lipinski definition) is 2. The zero-order valence-corrected chi connectivity index (χ0v) is 9.84. The highest BCUT2D eigenvalue weighted by atomic mass is 16.2. The largest absolute Gasteiger partial charge is 0.338 e. The molecule has 4 nitrogen and oxygen atoms in total. The lowest BCUT2D eigenvalue weighted by atomic mass is 10.0. The maximum atomic E-state index is 11.9. The summed E-state index contributed by atoms with van der Waals surface area (Å²) in [6, 6.07) is 0.199. The molecule has 1 atom stereocenters. The Morgan fingerprint density at radius 3 is 2.67 bits per heavy atom. The summed E-state index contributed by atoms with van der Waals surface area (Å²) in [7, 11) is 0. The lowest BCUT2D eigenvalue weighted by Gasteiger charge is -2.37. The van der Waals surface area contributed by atoms with Gasteiger partial charge in [0.15, 0.2) is 0 Å². The number of carbonyl (C=O) groups excluding carboxylic acids is 1. The van der Waals surface area contributed by atoms with Crippen LogP contribution in [0.2, 0.25) is 0 Å². The summed E-state index contributed by atoms with van der Waals surface area (Å²) < 4.78 is 0. The minimum Gasteiger partial charge on any atom is -0.338 e. The van der Waals surface area contributed by atoms with E-state index in [0.29, 0.717) is 6.54 Å². The second-order valence-electron chi connectivity index (χ2n) is 4.83. The van der Waals surface area contributed by atoms with E-state index in [4.69, 9.17) is 5.73 Å². The van der Waals surface area contributed by atoms with Crippen molar-refractivity contribution in [1.29, 1.82) is 0 Å². The van der Waals surface area contributed by atoms with Gasteiger partial charge >= 0.3 is 0 Å². The molecule has 15 heavy (non-hydrogen) atoms. The Hall–Kier alpha value is -0.870. The van der Waals surface area contributed by atoms with Crippen molar-refractivity contribution in [3.8, 4) is 0 Å². The summed E-state index contributed by atoms with van der Waals surface area (Å²) in [6.07, 6.45) is 0. The van der Waals surface area contributed by atoms with Crippen molar-refractivity contribution in [3.63, 3.8) is 0 Å². The smallest absolute Gasteiger partial charge is 0.242 e. The zero-order valence-electron chi connectivity index (χ0n) is 9.84. The van der Waals surface area contributed by atoms with E-state index in [1.54, 1.807) is 13.8 Å². The van der Waals surface area contributed by atoms with Crippen LogP contribution in [0.15, 0.2) is 12.2 Å². The van der Waals surface area contributed by atoms with E-state index in [1.807, 2.05) is 11.8 Å². The summed E-state index contributed by atoms with van der Waals surface area (Å²) in [5.74, 6) is 0.00949. The molecule has 0 spiro atoms. The molecule has 0 radical (unpaired) electrons. The second-order valence-corrected chi connectivity index (χ2v) is 4.83. The fourth-order valence-electron chi connectivity index (χ4n) is 1.67. The zero-order chi connectivity index (χ0) is 11.6. The van der Waals surface area contributed by atoms with Gasteiger partial charge in [0.05, 0.1) is 5.54 Å². The monoisotopic (exact) mass is 211 g/mol. The summed E-state index contributed by atoms with van der Waals surface area (Å²) >= 11 is 0. The number of nitrogens with zero attached hydrogens (tertiary/aromatic N) is 1. The van der Waals surface area contributed by atoms with Crippen molar-refractivity contribution >= 4 is 5.91 Å². The average molecular weight is 211 g/mol. The van der Waals surface area contributed by atoms with Gasteiger partial charge in [0, 0.05) is 25.7 Å². The average Bonchev–Trinajstić information content (AvgIpc) is 2.15. The third-order valence-corrected chi connectivity index (χ3v) is 2.61. The number of nitrogens with one attached hydrogen (secondary N) is 1. The van der Waals surface area contributed by atoms with E-state index >= 15 is 0 Å². The molecule has 3 N–H and O–H groups in total. The van der Waals surface area contributed by atoms with Gasteiger partial charge in [-0.15, -0.1) is 0 Å². The molecule has 1 rings (SSSR count). The number of rotatable bonds is 2. The van der Waals surface area contributed by atoms with Crippen LogP contribution in [-0.2, 0) is 4.79 Å². The number of nitrogens with two attached hydrogens (primary N) is 1. The van der Waals surface area contributed by atoms with Gasteiger partial charge in [0.1, 0.15) is 0 Å². The van der Waals surface area contributed by atoms with E-state index in [-0.39, 0.29) is 11.9 Å². The van der Waals surface area contributed by atoms with Crippen LogP contribution in [0.4, 0.5) is 0 Å². The number of piperazine rings is 1. The van der Waals surface area contributed by atoms with Gasteiger partial charge in [0.2, 0.25) is 5.91 Å². The van der Waals surface area contributed by atoms with Gasteiger partial charge in [-0.3, -0.25) is 4.79 Å². The van der Waals surface area contributed by atoms with E-state index in [0.717, 1.165) is 18.7 Å². The van der Waals surface area contributed by atoms with Crippen molar-refractivity contribution < 1.29 is 4.79 Å². The predicted octanol–water partition coefficient (Wildman–Crippen LogP) is 0.100. The standard InChI is InChI=1S/C11H21N3O/c1-8(2)9-7-14(6-5-13-9)10(15)11(3,4)12/h9,13H,1,5-7,12H2,2-4H3/t9-/m0/s1. The highest BCUT2D eigenvalue weighted by molar-refractivity contribution is 5.85. The maximum absolute atomic E-state index is 11.9. The van der Waals surface area contributed by atoms with Crippen molar-refractivity contribution in [2.45, 2.75) is 32.4 Å². The van der Waals surface area contributed by atoms with Crippen LogP contribution in [-0.4, -0.2) is 42.0 Å². The Kier molecular flexibility index (Phi) is 3.52. The Balaban J connectivity index is 2.64. The van der Waals surface area contributed by atoms with Crippen molar-refractivity contribution in [3.05, 3.63) is 12.2 Å². The van der Waals surface area contributed by atoms with Crippen LogP contribution >= 0.6 is 0 Å². The summed E-state index contributed by atoms with van der Waals surface area (Å²) in [4.78, 5) is 13.7. The van der Waals surface area contributed by atoms with Gasteiger partial charge in [-0.2, -0.15) is 0 Å². The van der Waals surface area contributed by atoms with E-state index in [2.05, 4.69) is 11.9 Å². The molecule has 1 amide bonds. The Bertz CT molecular complexity index is 267. The molecule has 0 unspecified atom stereocenters. The van der Waals surface area contributed by atoms with Gasteiger partial charge in [0.25, 0.3) is 0 Å². The van der Waals surface area contributed by atoms with Crippen LogP contribution in [0.25, 0.3) is 0 Å². The van der Waals surface area contributed by atoms with Gasteiger partial charge in [-0.25, -0.2) is 0 Å². The summed E-state index contributed by atoms with van der Waals surface area (Å²) in [5, 5.41) is 3.32. The first kappa shape index (κ1) is 12.2. The minimum absolute atomic E-state index is 0.00949. The van der Waals surface area contributed by atoms with Gasteiger partial charge in [-0.05, 0) is 20.8 Å². The topological polar surface area (TPSA) is 58.4 Å². The van der Waals surface area contributed by atoms with Gasteiger partial charge < -0.3 is 16.0 Å². The van der Waals surface area contributed by atoms with Crippen molar-refractivity contribution in [2.24, 2.45) is 5.73 Å². The molecule has 0 saturated carbocycles. The molecule has 1 saturated heterocycles. The van der Waals surface area contributed by atoms with Crippen LogP contribution < -0.4 is 11.1 Å². The van der Waals surface area contributed by atoms with E-state index in [9.17, 15) is 4.79 Å². The highest BCUT2D eigenvalue weighted by Crippen LogP contribution is 2.10. The molecule has 1 aliphatic heterocycles. The fourth-order valence-corrected chi connectivity index (χ4v) is 1.67. The normalized spacial score (nSPS) is 22.7. The lowest BCUT2D eigenvalue weighted by Crippen LogP contribution is -2.59. The first-order valence-electron chi connectivity index (χ1n) is 5.29. The molecule has 0 aromatic rings. The third kappa shape index (κ3) is 3.04. The van der Waals surface area contributed by atoms with Crippen LogP contribution in [0.5, 0.6) is 0 Å².